The Morgan fingerprint density at radius 2 is 0.806 bits per heavy atom. The molecule has 0 spiro atoms. The summed E-state index contributed by atoms with van der Waals surface area (Å²) in [6.07, 6.45) is 30.2. The molecule has 0 aliphatic heterocycles. The van der Waals surface area contributed by atoms with Crippen molar-refractivity contribution in [3.05, 3.63) is 113 Å². The van der Waals surface area contributed by atoms with E-state index in [9.17, 15) is 0 Å². The number of aromatic nitrogens is 1. The lowest BCUT2D eigenvalue weighted by Crippen LogP contribution is -1.97. The molecule has 8 aromatic rings. The van der Waals surface area contributed by atoms with Gasteiger partial charge in [-0.2, -0.15) is 0 Å². The highest BCUT2D eigenvalue weighted by Gasteiger charge is 2.23. The van der Waals surface area contributed by atoms with Crippen molar-refractivity contribution in [2.45, 2.75) is 202 Å². The normalized spacial score (nSPS) is 11.8. The molecule has 0 bridgehead atoms. The van der Waals surface area contributed by atoms with E-state index in [0.717, 1.165) is 38.2 Å². The van der Waals surface area contributed by atoms with Gasteiger partial charge in [0.05, 0.1) is 6.61 Å². The van der Waals surface area contributed by atoms with Gasteiger partial charge >= 0.3 is 0 Å². The summed E-state index contributed by atoms with van der Waals surface area (Å²) in [7, 11) is 0. The van der Waals surface area contributed by atoms with Crippen LogP contribution < -0.4 is 4.74 Å². The standard InChI is InChI=1S/C66H85NOS4/c1-7-13-18-23-28-49-40-42-69-64(49)60-46-52(30-25-20-15-9-3)66(71-60)62-47-53(31-26-21-16-10-4)65(72-62)61-45-51(29-24-19-14-8-2)63(70-61)54-35-39-59-57(44-54)56-43-50(34-38-58(56)67(59)12-6)48-32-36-55(37-33-48)68-41-27-22-17-11-5/h32-40,42-47H,7-31,41H2,1-6H3. The Morgan fingerprint density at radius 1 is 0.375 bits per heavy atom. The molecular formula is C66H85NOS4. The molecule has 0 aliphatic carbocycles. The lowest BCUT2D eigenvalue weighted by molar-refractivity contribution is 0.305. The van der Waals surface area contributed by atoms with Gasteiger partial charge in [0.15, 0.2) is 0 Å². The highest BCUT2D eigenvalue weighted by atomic mass is 32.1. The summed E-state index contributed by atoms with van der Waals surface area (Å²) in [4.78, 5) is 10.5. The summed E-state index contributed by atoms with van der Waals surface area (Å²) in [6, 6.07) is 33.6. The predicted octanol–water partition coefficient (Wildman–Crippen LogP) is 22.8. The number of aryl methyl sites for hydroxylation is 5. The number of nitrogens with zero attached hydrogens (tertiary/aromatic N) is 1. The molecule has 3 aromatic carbocycles. The molecule has 0 radical (unpaired) electrons. The molecule has 0 saturated carbocycles. The largest absolute Gasteiger partial charge is 0.494 e. The van der Waals surface area contributed by atoms with Crippen LogP contribution in [0.4, 0.5) is 0 Å². The Hall–Kier alpha value is -3.94. The first kappa shape index (κ1) is 54.3. The summed E-state index contributed by atoms with van der Waals surface area (Å²) in [5.41, 5.74) is 12.7. The van der Waals surface area contributed by atoms with Crippen LogP contribution in [0.5, 0.6) is 5.75 Å². The Morgan fingerprint density at radius 3 is 1.32 bits per heavy atom. The lowest BCUT2D eigenvalue weighted by Gasteiger charge is -2.08. The summed E-state index contributed by atoms with van der Waals surface area (Å²) >= 11 is 8.23. The fourth-order valence-electron chi connectivity index (χ4n) is 10.8. The van der Waals surface area contributed by atoms with Gasteiger partial charge < -0.3 is 9.30 Å². The van der Waals surface area contributed by atoms with E-state index in [1.807, 2.05) is 11.3 Å². The molecule has 384 valence electrons. The van der Waals surface area contributed by atoms with E-state index < -0.39 is 0 Å². The van der Waals surface area contributed by atoms with Gasteiger partial charge in [-0.1, -0.05) is 155 Å². The number of thiophene rings is 4. The van der Waals surface area contributed by atoms with Crippen molar-refractivity contribution in [1.29, 1.82) is 0 Å². The van der Waals surface area contributed by atoms with E-state index in [1.54, 1.807) is 16.7 Å². The van der Waals surface area contributed by atoms with Gasteiger partial charge in [-0.05, 0) is 170 Å². The number of unbranched alkanes of at least 4 members (excludes halogenated alkanes) is 15. The van der Waals surface area contributed by atoms with Gasteiger partial charge in [0, 0.05) is 62.5 Å². The minimum Gasteiger partial charge on any atom is -0.494 e. The second kappa shape index (κ2) is 28.1. The van der Waals surface area contributed by atoms with Crippen LogP contribution >= 0.6 is 45.3 Å². The first-order valence-corrected chi connectivity index (χ1v) is 32.1. The molecule has 5 aromatic heterocycles. The summed E-state index contributed by atoms with van der Waals surface area (Å²) < 4.78 is 8.64. The van der Waals surface area contributed by atoms with E-state index >= 15 is 0 Å². The molecule has 72 heavy (non-hydrogen) atoms. The zero-order chi connectivity index (χ0) is 50.1. The van der Waals surface area contributed by atoms with E-state index in [4.69, 9.17) is 4.74 Å². The molecule has 0 aliphatic rings. The summed E-state index contributed by atoms with van der Waals surface area (Å²) in [5.74, 6) is 0.964. The third-order valence-corrected chi connectivity index (χ3v) is 20.0. The molecule has 0 unspecified atom stereocenters. The number of hydrogen-bond donors (Lipinski definition) is 0. The van der Waals surface area contributed by atoms with Gasteiger partial charge in [-0.15, -0.1) is 45.3 Å². The molecule has 0 saturated heterocycles. The van der Waals surface area contributed by atoms with Crippen molar-refractivity contribution in [3.8, 4) is 56.6 Å². The van der Waals surface area contributed by atoms with Crippen LogP contribution in [-0.4, -0.2) is 11.2 Å². The van der Waals surface area contributed by atoms with Crippen LogP contribution in [0.15, 0.2) is 90.3 Å². The average Bonchev–Trinajstić information content (AvgIpc) is 4.26. The smallest absolute Gasteiger partial charge is 0.119 e. The van der Waals surface area contributed by atoms with Crippen molar-refractivity contribution < 1.29 is 4.74 Å². The number of fused-ring (bicyclic) bond motifs is 3. The van der Waals surface area contributed by atoms with Crippen LogP contribution in [0.25, 0.3) is 72.6 Å². The third-order valence-electron chi connectivity index (χ3n) is 14.9. The maximum absolute atomic E-state index is 6.13. The minimum atomic E-state index is 0.789. The quantitative estimate of drug-likeness (QED) is 0.0384. The molecule has 0 atom stereocenters. The number of ether oxygens (including phenoxy) is 1. The van der Waals surface area contributed by atoms with E-state index in [0.29, 0.717) is 0 Å². The van der Waals surface area contributed by atoms with E-state index in [-0.39, 0.29) is 0 Å². The van der Waals surface area contributed by atoms with Crippen molar-refractivity contribution in [2.75, 3.05) is 6.61 Å². The first-order valence-electron chi connectivity index (χ1n) is 28.7. The number of hydrogen-bond acceptors (Lipinski definition) is 5. The second-order valence-corrected chi connectivity index (χ2v) is 24.6. The summed E-state index contributed by atoms with van der Waals surface area (Å²) in [5, 5.41) is 5.04. The molecule has 5 heterocycles. The fraction of sp³-hybridized carbons (Fsp3) is 0.485. The van der Waals surface area contributed by atoms with Crippen molar-refractivity contribution in [3.63, 3.8) is 0 Å². The Labute approximate surface area is 451 Å². The van der Waals surface area contributed by atoms with Crippen LogP contribution in [0.1, 0.15) is 192 Å². The Balaban J connectivity index is 1.17. The molecule has 0 fully saturated rings. The monoisotopic (exact) mass is 1040 g/mol. The molecule has 2 nitrogen and oxygen atoms in total. The number of benzene rings is 3. The van der Waals surface area contributed by atoms with Crippen LogP contribution in [-0.2, 0) is 32.2 Å². The fourth-order valence-corrected chi connectivity index (χ4v) is 15.8. The Kier molecular flexibility index (Phi) is 21.2. The van der Waals surface area contributed by atoms with E-state index in [1.165, 1.54) is 213 Å². The molecule has 8 rings (SSSR count). The zero-order valence-corrected chi connectivity index (χ0v) is 48.3. The second-order valence-electron chi connectivity index (χ2n) is 20.6. The van der Waals surface area contributed by atoms with Gasteiger partial charge in [0.2, 0.25) is 0 Å². The Bertz CT molecular complexity index is 2880. The topological polar surface area (TPSA) is 14.2 Å². The molecule has 0 amide bonds. The van der Waals surface area contributed by atoms with Gasteiger partial charge in [0.1, 0.15) is 5.75 Å². The average molecular weight is 1040 g/mol. The van der Waals surface area contributed by atoms with Gasteiger partial charge in [0.25, 0.3) is 0 Å². The predicted molar refractivity (Wildman–Crippen MR) is 325 cm³/mol. The lowest BCUT2D eigenvalue weighted by atomic mass is 9.99. The summed E-state index contributed by atoms with van der Waals surface area (Å²) in [6.45, 7) is 15.6. The molecular weight excluding hydrogens is 951 g/mol. The zero-order valence-electron chi connectivity index (χ0n) is 45.0. The SMILES string of the molecule is CCCCCCOc1ccc(-c2ccc3c(c2)c2cc(-c4sc(-c5sc(-c6sc(-c7sccc7CCCCCC)cc6CCCCCC)cc5CCCCCC)cc4CCCCCC)ccc2n3CC)cc1. The van der Waals surface area contributed by atoms with Gasteiger partial charge in [-0.25, -0.2) is 0 Å². The van der Waals surface area contributed by atoms with Crippen molar-refractivity contribution in [1.82, 2.24) is 4.57 Å². The highest BCUT2D eigenvalue weighted by molar-refractivity contribution is 7.29. The minimum absolute atomic E-state index is 0.789. The molecule has 0 N–H and O–H groups in total. The van der Waals surface area contributed by atoms with Crippen molar-refractivity contribution >= 4 is 67.2 Å². The van der Waals surface area contributed by atoms with Gasteiger partial charge in [-0.3, -0.25) is 0 Å². The van der Waals surface area contributed by atoms with Crippen LogP contribution in [0.2, 0.25) is 0 Å². The van der Waals surface area contributed by atoms with E-state index in [2.05, 4.69) is 170 Å². The van der Waals surface area contributed by atoms with Crippen molar-refractivity contribution in [2.24, 2.45) is 0 Å². The number of rotatable bonds is 32. The first-order chi connectivity index (χ1) is 35.5. The molecule has 6 heteroatoms. The maximum atomic E-state index is 6.13. The highest BCUT2D eigenvalue weighted by Crippen LogP contribution is 2.50. The maximum Gasteiger partial charge on any atom is 0.119 e. The van der Waals surface area contributed by atoms with Crippen LogP contribution in [0.3, 0.4) is 0 Å². The van der Waals surface area contributed by atoms with Crippen LogP contribution in [0, 0.1) is 0 Å². The third kappa shape index (κ3) is 13.7.